The van der Waals surface area contributed by atoms with E-state index in [1.54, 1.807) is 12.1 Å². The Morgan fingerprint density at radius 2 is 2.05 bits per heavy atom. The number of hydrogen-bond donors (Lipinski definition) is 2. The van der Waals surface area contributed by atoms with Crippen molar-refractivity contribution < 1.29 is 9.90 Å². The van der Waals surface area contributed by atoms with E-state index in [1.807, 2.05) is 13.0 Å². The summed E-state index contributed by atoms with van der Waals surface area (Å²) in [5.41, 5.74) is 1.34. The first-order valence-corrected chi connectivity index (χ1v) is 7.72. The molecular weight excluding hydrogens is 250 g/mol. The third-order valence-electron chi connectivity index (χ3n) is 4.37. The summed E-state index contributed by atoms with van der Waals surface area (Å²) in [6.45, 7) is 4.02. The number of amides is 1. The Balaban J connectivity index is 2.04. The molecule has 0 aromatic heterocycles. The van der Waals surface area contributed by atoms with E-state index in [0.717, 1.165) is 12.0 Å². The van der Waals surface area contributed by atoms with Crippen LogP contribution in [0.5, 0.6) is 5.75 Å². The Kier molecular flexibility index (Phi) is 5.05. The van der Waals surface area contributed by atoms with Gasteiger partial charge in [0.25, 0.3) is 5.91 Å². The maximum atomic E-state index is 12.3. The normalized spacial score (nSPS) is 17.7. The lowest BCUT2D eigenvalue weighted by Crippen LogP contribution is -2.40. The molecule has 0 aliphatic heterocycles. The minimum absolute atomic E-state index is 0.0704. The summed E-state index contributed by atoms with van der Waals surface area (Å²) in [7, 11) is 0. The molecule has 3 heteroatoms. The van der Waals surface area contributed by atoms with Gasteiger partial charge in [0.15, 0.2) is 0 Å². The number of nitrogens with one attached hydrogen (secondary N) is 1. The topological polar surface area (TPSA) is 49.3 Å². The molecule has 0 heterocycles. The Bertz CT molecular complexity index is 464. The van der Waals surface area contributed by atoms with Crippen molar-refractivity contribution in [2.45, 2.75) is 58.4 Å². The summed E-state index contributed by atoms with van der Waals surface area (Å²) >= 11 is 0. The Morgan fingerprint density at radius 3 is 2.65 bits per heavy atom. The van der Waals surface area contributed by atoms with E-state index < -0.39 is 0 Å². The molecule has 1 amide bonds. The van der Waals surface area contributed by atoms with Crippen molar-refractivity contribution in [2.75, 3.05) is 0 Å². The van der Waals surface area contributed by atoms with Gasteiger partial charge in [0.05, 0.1) is 5.56 Å². The van der Waals surface area contributed by atoms with Crippen LogP contribution < -0.4 is 5.32 Å². The third kappa shape index (κ3) is 3.53. The van der Waals surface area contributed by atoms with Gasteiger partial charge in [-0.05, 0) is 49.8 Å². The maximum Gasteiger partial charge on any atom is 0.255 e. The molecule has 1 aliphatic rings. The van der Waals surface area contributed by atoms with Crippen molar-refractivity contribution in [3.63, 3.8) is 0 Å². The fourth-order valence-corrected chi connectivity index (χ4v) is 3.17. The van der Waals surface area contributed by atoms with Crippen molar-refractivity contribution in [3.8, 4) is 5.75 Å². The fraction of sp³-hybridized carbons (Fsp3) is 0.588. The molecule has 1 fully saturated rings. The van der Waals surface area contributed by atoms with Crippen LogP contribution >= 0.6 is 0 Å². The quantitative estimate of drug-likeness (QED) is 0.878. The Hall–Kier alpha value is -1.51. The van der Waals surface area contributed by atoms with Crippen molar-refractivity contribution in [1.29, 1.82) is 0 Å². The summed E-state index contributed by atoms with van der Waals surface area (Å²) in [4.78, 5) is 12.3. The van der Waals surface area contributed by atoms with Gasteiger partial charge in [-0.25, -0.2) is 0 Å². The molecule has 0 spiro atoms. The largest absolute Gasteiger partial charge is 0.507 e. The zero-order chi connectivity index (χ0) is 14.5. The van der Waals surface area contributed by atoms with E-state index in [-0.39, 0.29) is 17.7 Å². The molecule has 0 radical (unpaired) electrons. The van der Waals surface area contributed by atoms with Gasteiger partial charge in [0.2, 0.25) is 0 Å². The van der Waals surface area contributed by atoms with Crippen molar-refractivity contribution in [2.24, 2.45) is 5.92 Å². The standard InChI is InChI=1S/C17H25NO2/c1-3-15(13-7-5-4-6-8-13)18-17(20)14-10-9-12(2)11-16(14)19/h9-11,13,15,19H,3-8H2,1-2H3,(H,18,20). The van der Waals surface area contributed by atoms with Gasteiger partial charge in [0, 0.05) is 6.04 Å². The highest BCUT2D eigenvalue weighted by molar-refractivity contribution is 5.97. The number of phenols is 1. The third-order valence-corrected chi connectivity index (χ3v) is 4.37. The smallest absolute Gasteiger partial charge is 0.255 e. The van der Waals surface area contributed by atoms with Crippen molar-refractivity contribution in [3.05, 3.63) is 29.3 Å². The molecule has 0 saturated heterocycles. The van der Waals surface area contributed by atoms with Gasteiger partial charge in [-0.15, -0.1) is 0 Å². The second-order valence-electron chi connectivity index (χ2n) is 5.91. The van der Waals surface area contributed by atoms with Gasteiger partial charge < -0.3 is 10.4 Å². The lowest BCUT2D eigenvalue weighted by atomic mass is 9.83. The molecule has 1 aliphatic carbocycles. The van der Waals surface area contributed by atoms with Crippen LogP contribution in [0.2, 0.25) is 0 Å². The summed E-state index contributed by atoms with van der Waals surface area (Å²) in [6, 6.07) is 5.42. The fourth-order valence-electron chi connectivity index (χ4n) is 3.17. The number of carbonyl (C=O) groups excluding carboxylic acids is 1. The molecule has 1 aromatic rings. The van der Waals surface area contributed by atoms with Crippen LogP contribution in [-0.2, 0) is 0 Å². The minimum atomic E-state index is -0.153. The molecule has 1 saturated carbocycles. The summed E-state index contributed by atoms with van der Waals surface area (Å²) < 4.78 is 0. The molecule has 1 aromatic carbocycles. The second-order valence-corrected chi connectivity index (χ2v) is 5.91. The number of aryl methyl sites for hydroxylation is 1. The van der Waals surface area contributed by atoms with E-state index >= 15 is 0 Å². The van der Waals surface area contributed by atoms with Gasteiger partial charge in [-0.3, -0.25) is 4.79 Å². The summed E-state index contributed by atoms with van der Waals surface area (Å²) in [5, 5.41) is 13.0. The van der Waals surface area contributed by atoms with E-state index in [0.29, 0.717) is 11.5 Å². The second kappa shape index (κ2) is 6.78. The van der Waals surface area contributed by atoms with Crippen LogP contribution in [0.25, 0.3) is 0 Å². The number of benzene rings is 1. The lowest BCUT2D eigenvalue weighted by Gasteiger charge is -2.30. The number of aromatic hydroxyl groups is 1. The molecule has 2 N–H and O–H groups in total. The van der Waals surface area contributed by atoms with E-state index in [1.165, 1.54) is 32.1 Å². The number of hydrogen-bond acceptors (Lipinski definition) is 2. The number of rotatable bonds is 4. The zero-order valence-electron chi connectivity index (χ0n) is 12.5. The average molecular weight is 275 g/mol. The predicted octanol–water partition coefficient (Wildman–Crippen LogP) is 3.79. The van der Waals surface area contributed by atoms with Gasteiger partial charge in [0.1, 0.15) is 5.75 Å². The SMILES string of the molecule is CCC(NC(=O)c1ccc(C)cc1O)C1CCCCC1. The highest BCUT2D eigenvalue weighted by atomic mass is 16.3. The van der Waals surface area contributed by atoms with Gasteiger partial charge in [-0.2, -0.15) is 0 Å². The van der Waals surface area contributed by atoms with Gasteiger partial charge >= 0.3 is 0 Å². The molecule has 110 valence electrons. The van der Waals surface area contributed by atoms with Crippen LogP contribution in [-0.4, -0.2) is 17.1 Å². The van der Waals surface area contributed by atoms with Crippen LogP contribution in [0.4, 0.5) is 0 Å². The highest BCUT2D eigenvalue weighted by Gasteiger charge is 2.24. The molecule has 20 heavy (non-hydrogen) atoms. The first kappa shape index (κ1) is 14.9. The molecule has 1 unspecified atom stereocenters. The minimum Gasteiger partial charge on any atom is -0.507 e. The summed E-state index contributed by atoms with van der Waals surface area (Å²) in [6.07, 6.45) is 7.22. The van der Waals surface area contributed by atoms with Gasteiger partial charge in [-0.1, -0.05) is 32.3 Å². The molecule has 3 nitrogen and oxygen atoms in total. The van der Waals surface area contributed by atoms with Crippen molar-refractivity contribution in [1.82, 2.24) is 5.32 Å². The summed E-state index contributed by atoms with van der Waals surface area (Å²) in [5.74, 6) is 0.506. The van der Waals surface area contributed by atoms with Crippen molar-refractivity contribution >= 4 is 5.91 Å². The monoisotopic (exact) mass is 275 g/mol. The van der Waals surface area contributed by atoms with E-state index in [2.05, 4.69) is 12.2 Å². The molecule has 0 bridgehead atoms. The average Bonchev–Trinajstić information content (AvgIpc) is 2.45. The number of phenolic OH excluding ortho intramolecular Hbond substituents is 1. The van der Waals surface area contributed by atoms with Crippen LogP contribution in [0.1, 0.15) is 61.4 Å². The predicted molar refractivity (Wildman–Crippen MR) is 81.0 cm³/mol. The highest BCUT2D eigenvalue weighted by Crippen LogP contribution is 2.28. The lowest BCUT2D eigenvalue weighted by molar-refractivity contribution is 0.0908. The van der Waals surface area contributed by atoms with Crippen LogP contribution in [0, 0.1) is 12.8 Å². The van der Waals surface area contributed by atoms with E-state index in [4.69, 9.17) is 0 Å². The molecule has 2 rings (SSSR count). The molecular formula is C17H25NO2. The first-order chi connectivity index (χ1) is 9.61. The number of carbonyl (C=O) groups is 1. The van der Waals surface area contributed by atoms with E-state index in [9.17, 15) is 9.90 Å². The molecule has 1 atom stereocenters. The Morgan fingerprint density at radius 1 is 1.35 bits per heavy atom. The van der Waals surface area contributed by atoms with Crippen LogP contribution in [0.15, 0.2) is 18.2 Å². The zero-order valence-corrected chi connectivity index (χ0v) is 12.5. The maximum absolute atomic E-state index is 12.3. The van der Waals surface area contributed by atoms with Crippen LogP contribution in [0.3, 0.4) is 0 Å². The first-order valence-electron chi connectivity index (χ1n) is 7.72. The Labute approximate surface area is 121 Å².